The van der Waals surface area contributed by atoms with E-state index in [-0.39, 0.29) is 41.6 Å². The number of anilines is 1. The molecule has 2 atom stereocenters. The van der Waals surface area contributed by atoms with Crippen LogP contribution in [-0.2, 0) is 16.8 Å². The molecule has 2 aromatic heterocycles. The van der Waals surface area contributed by atoms with Crippen molar-refractivity contribution >= 4 is 23.4 Å². The second kappa shape index (κ2) is 9.18. The quantitative estimate of drug-likeness (QED) is 0.570. The number of amides is 3. The van der Waals surface area contributed by atoms with Crippen molar-refractivity contribution in [3.05, 3.63) is 71.3 Å². The first kappa shape index (κ1) is 23.7. The Labute approximate surface area is 209 Å². The summed E-state index contributed by atoms with van der Waals surface area (Å²) in [6.07, 6.45) is 6.15. The average molecular weight is 488 g/mol. The third kappa shape index (κ3) is 4.58. The second-order valence-corrected chi connectivity index (χ2v) is 10.3. The van der Waals surface area contributed by atoms with Crippen LogP contribution in [0.15, 0.2) is 48.9 Å². The van der Waals surface area contributed by atoms with E-state index in [1.165, 1.54) is 0 Å². The van der Waals surface area contributed by atoms with Crippen LogP contribution in [0.2, 0.25) is 0 Å². The van der Waals surface area contributed by atoms with Gasteiger partial charge in [0.25, 0.3) is 11.8 Å². The lowest BCUT2D eigenvalue weighted by molar-refractivity contribution is -0.115. The van der Waals surface area contributed by atoms with E-state index in [4.69, 9.17) is 0 Å². The Balaban J connectivity index is 1.33. The maximum absolute atomic E-state index is 13.5. The summed E-state index contributed by atoms with van der Waals surface area (Å²) in [5, 5.41) is 14.1. The van der Waals surface area contributed by atoms with E-state index in [9.17, 15) is 14.4 Å². The molecule has 2 aliphatic rings. The molecule has 10 nitrogen and oxygen atoms in total. The van der Waals surface area contributed by atoms with E-state index in [0.717, 1.165) is 23.2 Å². The smallest absolute Gasteiger partial charge is 0.276 e. The number of hydrogen-bond acceptors (Lipinski definition) is 6. The van der Waals surface area contributed by atoms with Crippen LogP contribution in [0.4, 0.5) is 5.69 Å². The predicted molar refractivity (Wildman–Crippen MR) is 132 cm³/mol. The molecule has 1 aromatic carbocycles. The highest BCUT2D eigenvalue weighted by Gasteiger charge is 2.39. The molecule has 2 N–H and O–H groups in total. The summed E-state index contributed by atoms with van der Waals surface area (Å²) >= 11 is 0. The van der Waals surface area contributed by atoms with Crippen molar-refractivity contribution in [1.29, 1.82) is 0 Å². The first-order valence-electron chi connectivity index (χ1n) is 12.1. The van der Waals surface area contributed by atoms with Crippen molar-refractivity contribution in [3.63, 3.8) is 0 Å². The number of fused-ring (bicyclic) bond motifs is 1. The lowest BCUT2D eigenvalue weighted by Gasteiger charge is -2.28. The van der Waals surface area contributed by atoms with E-state index < -0.39 is 0 Å². The van der Waals surface area contributed by atoms with Gasteiger partial charge in [-0.2, -0.15) is 0 Å². The summed E-state index contributed by atoms with van der Waals surface area (Å²) in [4.78, 5) is 44.1. The molecule has 10 heteroatoms. The first-order valence-corrected chi connectivity index (χ1v) is 12.1. The van der Waals surface area contributed by atoms with Gasteiger partial charge in [0.15, 0.2) is 5.69 Å². The fourth-order valence-corrected chi connectivity index (χ4v) is 4.83. The van der Waals surface area contributed by atoms with Crippen molar-refractivity contribution in [3.8, 4) is 0 Å². The fraction of sp³-hybridized carbons (Fsp3) is 0.385. The Hall–Kier alpha value is -4.08. The van der Waals surface area contributed by atoms with Crippen LogP contribution in [0, 0.1) is 5.92 Å². The number of pyridine rings is 1. The van der Waals surface area contributed by atoms with Crippen LogP contribution in [-0.4, -0.2) is 55.7 Å². The van der Waals surface area contributed by atoms with Gasteiger partial charge in [0.1, 0.15) is 0 Å². The summed E-state index contributed by atoms with van der Waals surface area (Å²) in [7, 11) is 0. The van der Waals surface area contributed by atoms with Crippen LogP contribution in [0.3, 0.4) is 0 Å². The highest BCUT2D eigenvalue weighted by Crippen LogP contribution is 2.37. The lowest BCUT2D eigenvalue weighted by atomic mass is 9.94. The second-order valence-electron chi connectivity index (χ2n) is 10.3. The largest absolute Gasteiger partial charge is 0.352 e. The molecule has 1 fully saturated rings. The maximum atomic E-state index is 13.5. The van der Waals surface area contributed by atoms with Gasteiger partial charge in [-0.05, 0) is 62.6 Å². The minimum atomic E-state index is -0.285. The van der Waals surface area contributed by atoms with Gasteiger partial charge in [0.05, 0.1) is 24.2 Å². The van der Waals surface area contributed by atoms with Crippen molar-refractivity contribution in [2.24, 2.45) is 5.92 Å². The molecule has 0 aliphatic carbocycles. The number of nitrogens with zero attached hydrogens (tertiary/aromatic N) is 5. The van der Waals surface area contributed by atoms with Crippen LogP contribution in [0.5, 0.6) is 0 Å². The van der Waals surface area contributed by atoms with Gasteiger partial charge < -0.3 is 15.5 Å². The molecule has 4 heterocycles. The summed E-state index contributed by atoms with van der Waals surface area (Å²) in [6, 6.07) is 8.77. The Bertz CT molecular complexity index is 1310. The number of benzene rings is 1. The van der Waals surface area contributed by atoms with Crippen LogP contribution in [0.25, 0.3) is 0 Å². The molecule has 0 saturated carbocycles. The molecule has 0 bridgehead atoms. The van der Waals surface area contributed by atoms with Crippen LogP contribution >= 0.6 is 0 Å². The van der Waals surface area contributed by atoms with Gasteiger partial charge in [0.2, 0.25) is 5.91 Å². The molecule has 186 valence electrons. The molecule has 0 spiro atoms. The SMILES string of the molecule is CC(C)(C)n1cc(C(=O)N2CCC(CNC(=O)c3ccc4c(c3)CC(=O)N4)C2c2cccnc2)nn1. The first-order chi connectivity index (χ1) is 17.2. The number of rotatable bonds is 5. The monoisotopic (exact) mass is 487 g/mol. The zero-order valence-electron chi connectivity index (χ0n) is 20.6. The molecule has 5 rings (SSSR count). The van der Waals surface area contributed by atoms with Gasteiger partial charge in [0, 0.05) is 42.7 Å². The highest BCUT2D eigenvalue weighted by molar-refractivity contribution is 6.01. The number of carbonyl (C=O) groups is 3. The van der Waals surface area contributed by atoms with Crippen molar-refractivity contribution in [2.45, 2.75) is 45.2 Å². The Morgan fingerprint density at radius 3 is 2.78 bits per heavy atom. The number of aromatic nitrogens is 4. The maximum Gasteiger partial charge on any atom is 0.276 e. The molecule has 1 saturated heterocycles. The molecular weight excluding hydrogens is 458 g/mol. The zero-order chi connectivity index (χ0) is 25.4. The lowest BCUT2D eigenvalue weighted by Crippen LogP contribution is -2.36. The van der Waals surface area contributed by atoms with E-state index >= 15 is 0 Å². The number of hydrogen-bond donors (Lipinski definition) is 2. The van der Waals surface area contributed by atoms with E-state index in [0.29, 0.717) is 24.3 Å². The van der Waals surface area contributed by atoms with Gasteiger partial charge >= 0.3 is 0 Å². The molecule has 2 unspecified atom stereocenters. The normalized spacial score (nSPS) is 19.2. The molecule has 3 amide bonds. The van der Waals surface area contributed by atoms with E-state index in [1.807, 2.05) is 32.9 Å². The standard InChI is InChI=1S/C26H29N7O3/c1-26(2,3)33-15-21(30-31-33)25(36)32-10-8-18(23(32)17-5-4-9-27-13-17)14-28-24(35)16-6-7-20-19(11-16)12-22(34)29-20/h4-7,9,11,13,15,18,23H,8,10,12,14H2,1-3H3,(H,28,35)(H,29,34). The van der Waals surface area contributed by atoms with Gasteiger partial charge in [-0.25, -0.2) is 4.68 Å². The third-order valence-electron chi connectivity index (χ3n) is 6.73. The average Bonchev–Trinajstić information content (AvgIpc) is 3.59. The fourth-order valence-electron chi connectivity index (χ4n) is 4.83. The third-order valence-corrected chi connectivity index (χ3v) is 6.73. The van der Waals surface area contributed by atoms with Crippen molar-refractivity contribution in [1.82, 2.24) is 30.2 Å². The minimum absolute atomic E-state index is 0.00238. The number of nitrogens with one attached hydrogen (secondary N) is 2. The number of carbonyl (C=O) groups excluding carboxylic acids is 3. The van der Waals surface area contributed by atoms with Crippen LogP contribution < -0.4 is 10.6 Å². The van der Waals surface area contributed by atoms with E-state index in [2.05, 4.69) is 25.9 Å². The van der Waals surface area contributed by atoms with Crippen molar-refractivity contribution < 1.29 is 14.4 Å². The topological polar surface area (TPSA) is 122 Å². The Morgan fingerprint density at radius 1 is 1.22 bits per heavy atom. The minimum Gasteiger partial charge on any atom is -0.352 e. The van der Waals surface area contributed by atoms with Gasteiger partial charge in [-0.3, -0.25) is 19.4 Å². The summed E-state index contributed by atoms with van der Waals surface area (Å²) in [5.41, 5.74) is 3.00. The summed E-state index contributed by atoms with van der Waals surface area (Å²) < 4.78 is 1.69. The van der Waals surface area contributed by atoms with Crippen molar-refractivity contribution in [2.75, 3.05) is 18.4 Å². The number of likely N-dealkylation sites (tertiary alicyclic amines) is 1. The Morgan fingerprint density at radius 2 is 2.06 bits per heavy atom. The predicted octanol–water partition coefficient (Wildman–Crippen LogP) is 2.56. The summed E-state index contributed by atoms with van der Waals surface area (Å²) in [6.45, 7) is 6.92. The molecule has 3 aromatic rings. The zero-order valence-corrected chi connectivity index (χ0v) is 20.6. The van der Waals surface area contributed by atoms with E-state index in [1.54, 1.807) is 46.4 Å². The molecule has 2 aliphatic heterocycles. The van der Waals surface area contributed by atoms with Crippen LogP contribution in [0.1, 0.15) is 65.2 Å². The molecule has 36 heavy (non-hydrogen) atoms. The Kier molecular flexibility index (Phi) is 6.03. The molecule has 0 radical (unpaired) electrons. The van der Waals surface area contributed by atoms with Gasteiger partial charge in [-0.1, -0.05) is 11.3 Å². The summed E-state index contributed by atoms with van der Waals surface area (Å²) in [5.74, 6) is -0.471. The van der Waals surface area contributed by atoms with Gasteiger partial charge in [-0.15, -0.1) is 5.10 Å². The highest BCUT2D eigenvalue weighted by atomic mass is 16.2. The molecular formula is C26H29N7O3.